The second-order valence-electron chi connectivity index (χ2n) is 6.62. The molecule has 3 N–H and O–H groups in total. The molecule has 25 heavy (non-hydrogen) atoms. The maximum atomic E-state index is 11.6. The Morgan fingerprint density at radius 2 is 1.84 bits per heavy atom. The molecule has 0 unspecified atom stereocenters. The van der Waals surface area contributed by atoms with Gasteiger partial charge < -0.3 is 39.3 Å². The molecule has 0 aliphatic carbocycles. The van der Waals surface area contributed by atoms with E-state index in [1.54, 1.807) is 0 Å². The van der Waals surface area contributed by atoms with Crippen LogP contribution in [0, 0.1) is 0 Å². The summed E-state index contributed by atoms with van der Waals surface area (Å²) in [5.41, 5.74) is 2.90. The molecule has 0 atom stereocenters. The fraction of sp³-hybridized carbons (Fsp3) is 0.368. The summed E-state index contributed by atoms with van der Waals surface area (Å²) in [5, 5.41) is 6.14. The molecule has 0 radical (unpaired) electrons. The third-order valence-electron chi connectivity index (χ3n) is 3.29. The molecule has 2 rings (SSSR count). The monoisotopic (exact) mass is 455 g/mol. The number of anilines is 1. The van der Waals surface area contributed by atoms with Crippen molar-refractivity contribution in [2.45, 2.75) is 39.3 Å². The van der Waals surface area contributed by atoms with Crippen LogP contribution in [0.4, 0.5) is 10.5 Å². The minimum absolute atomic E-state index is 0. The number of halogens is 1. The molecule has 0 fully saturated rings. The molecule has 1 aromatic heterocycles. The minimum atomic E-state index is -0.465. The van der Waals surface area contributed by atoms with E-state index in [1.165, 1.54) is 5.56 Å². The Labute approximate surface area is 166 Å². The van der Waals surface area contributed by atoms with Crippen LogP contribution in [0.5, 0.6) is 0 Å². The van der Waals surface area contributed by atoms with Crippen molar-refractivity contribution in [1.82, 2.24) is 5.32 Å². The van der Waals surface area contributed by atoms with Gasteiger partial charge in [0.1, 0.15) is 12.1 Å². The van der Waals surface area contributed by atoms with Crippen LogP contribution in [0.15, 0.2) is 48.7 Å². The Balaban J connectivity index is 0.00000312. The molecule has 6 heteroatoms. The quantitative estimate of drug-likeness (QED) is 0.612. The first kappa shape index (κ1) is 21.2. The molecule has 0 saturated heterocycles. The normalized spacial score (nSPS) is 10.5. The maximum absolute atomic E-state index is 11.6. The van der Waals surface area contributed by atoms with E-state index in [-0.39, 0.29) is 30.1 Å². The van der Waals surface area contributed by atoms with Crippen molar-refractivity contribution in [2.75, 3.05) is 11.9 Å². The van der Waals surface area contributed by atoms with Crippen LogP contribution in [-0.4, -0.2) is 18.2 Å². The van der Waals surface area contributed by atoms with Crippen molar-refractivity contribution in [2.24, 2.45) is 0 Å². The lowest BCUT2D eigenvalue weighted by Gasteiger charge is -2.19. The third kappa shape index (κ3) is 8.72. The zero-order valence-corrected chi connectivity index (χ0v) is 17.1. The molecule has 0 aliphatic heterocycles. The van der Waals surface area contributed by atoms with Gasteiger partial charge in [0.25, 0.3) is 0 Å². The molecular weight excluding hydrogens is 429 g/mol. The van der Waals surface area contributed by atoms with Gasteiger partial charge in [0.15, 0.2) is 11.9 Å². The lowest BCUT2D eigenvalue weighted by atomic mass is 10.1. The number of amides is 1. The SMILES string of the molecule is CC(C)(C)OC(=O)NCCc1ccc(NCc2cccc[nH+]2)cc1.[I-]. The molecule has 0 aliphatic rings. The van der Waals surface area contributed by atoms with E-state index in [0.29, 0.717) is 6.54 Å². The van der Waals surface area contributed by atoms with Gasteiger partial charge in [-0.15, -0.1) is 0 Å². The molecule has 2 aromatic rings. The van der Waals surface area contributed by atoms with Crippen LogP contribution >= 0.6 is 0 Å². The van der Waals surface area contributed by atoms with Gasteiger partial charge in [0.2, 0.25) is 0 Å². The summed E-state index contributed by atoms with van der Waals surface area (Å²) < 4.78 is 5.21. The molecule has 136 valence electrons. The highest BCUT2D eigenvalue weighted by molar-refractivity contribution is 5.67. The highest BCUT2D eigenvalue weighted by Gasteiger charge is 2.15. The maximum Gasteiger partial charge on any atom is 0.407 e. The van der Waals surface area contributed by atoms with E-state index in [9.17, 15) is 4.79 Å². The average Bonchev–Trinajstić information content (AvgIpc) is 2.53. The second-order valence-corrected chi connectivity index (χ2v) is 6.62. The highest BCUT2D eigenvalue weighted by atomic mass is 127. The van der Waals surface area contributed by atoms with Crippen molar-refractivity contribution in [3.8, 4) is 0 Å². The van der Waals surface area contributed by atoms with Gasteiger partial charge in [-0.2, -0.15) is 0 Å². The van der Waals surface area contributed by atoms with E-state index in [1.807, 2.05) is 57.3 Å². The summed E-state index contributed by atoms with van der Waals surface area (Å²) in [6, 6.07) is 14.2. The van der Waals surface area contributed by atoms with E-state index in [2.05, 4.69) is 27.8 Å². The first-order chi connectivity index (χ1) is 11.4. The second kappa shape index (κ2) is 10.2. The lowest BCUT2D eigenvalue weighted by molar-refractivity contribution is -0.389. The van der Waals surface area contributed by atoms with Gasteiger partial charge in [-0.25, -0.2) is 9.78 Å². The van der Waals surface area contributed by atoms with E-state index >= 15 is 0 Å². The van der Waals surface area contributed by atoms with Crippen molar-refractivity contribution in [3.05, 3.63) is 59.9 Å². The molecule has 0 spiro atoms. The van der Waals surface area contributed by atoms with Gasteiger partial charge in [-0.05, 0) is 44.9 Å². The fourth-order valence-corrected chi connectivity index (χ4v) is 2.15. The van der Waals surface area contributed by atoms with E-state index in [4.69, 9.17) is 4.74 Å². The smallest absolute Gasteiger partial charge is 0.407 e. The number of alkyl carbamates (subject to hydrolysis) is 1. The number of hydrogen-bond acceptors (Lipinski definition) is 3. The topological polar surface area (TPSA) is 64.5 Å². The van der Waals surface area contributed by atoms with Crippen molar-refractivity contribution < 1.29 is 38.5 Å². The third-order valence-corrected chi connectivity index (χ3v) is 3.29. The van der Waals surface area contributed by atoms with Crippen LogP contribution in [0.3, 0.4) is 0 Å². The number of benzene rings is 1. The van der Waals surface area contributed by atoms with Crippen LogP contribution in [-0.2, 0) is 17.7 Å². The van der Waals surface area contributed by atoms with E-state index in [0.717, 1.165) is 24.3 Å². The number of aromatic amines is 1. The minimum Gasteiger partial charge on any atom is -1.00 e. The van der Waals surface area contributed by atoms with Crippen molar-refractivity contribution >= 4 is 11.8 Å². The Morgan fingerprint density at radius 1 is 1.12 bits per heavy atom. The number of ether oxygens (including phenoxy) is 1. The summed E-state index contributed by atoms with van der Waals surface area (Å²) in [6.07, 6.45) is 2.31. The van der Waals surface area contributed by atoms with Crippen molar-refractivity contribution in [1.29, 1.82) is 0 Å². The first-order valence-electron chi connectivity index (χ1n) is 8.18. The largest absolute Gasteiger partial charge is 1.00 e. The Morgan fingerprint density at radius 3 is 2.44 bits per heavy atom. The number of rotatable bonds is 6. The Bertz CT molecular complexity index is 640. The van der Waals surface area contributed by atoms with Crippen molar-refractivity contribution in [3.63, 3.8) is 0 Å². The van der Waals surface area contributed by atoms with E-state index < -0.39 is 5.60 Å². The van der Waals surface area contributed by atoms with Gasteiger partial charge in [0, 0.05) is 24.4 Å². The van der Waals surface area contributed by atoms with Gasteiger partial charge in [-0.1, -0.05) is 18.2 Å². The molecule has 1 aromatic carbocycles. The highest BCUT2D eigenvalue weighted by Crippen LogP contribution is 2.11. The van der Waals surface area contributed by atoms with Crippen LogP contribution in [0.1, 0.15) is 32.0 Å². The molecule has 0 saturated carbocycles. The summed E-state index contributed by atoms with van der Waals surface area (Å²) >= 11 is 0. The molecule has 1 heterocycles. The molecule has 1 amide bonds. The molecular formula is C19H26IN3O2. The fourth-order valence-electron chi connectivity index (χ4n) is 2.15. The van der Waals surface area contributed by atoms with Gasteiger partial charge >= 0.3 is 6.09 Å². The van der Waals surface area contributed by atoms with Gasteiger partial charge in [0.05, 0.1) is 0 Å². The zero-order valence-electron chi connectivity index (χ0n) is 14.9. The number of carbonyl (C=O) groups is 1. The zero-order chi connectivity index (χ0) is 17.4. The van der Waals surface area contributed by atoms with Gasteiger partial charge in [-0.3, -0.25) is 0 Å². The lowest BCUT2D eigenvalue weighted by Crippen LogP contribution is -3.00. The molecule has 0 bridgehead atoms. The number of aromatic nitrogens is 1. The number of pyridine rings is 1. The Kier molecular flexibility index (Phi) is 8.68. The number of H-pyrrole nitrogens is 1. The summed E-state index contributed by atoms with van der Waals surface area (Å²) in [7, 11) is 0. The average molecular weight is 455 g/mol. The summed E-state index contributed by atoms with van der Waals surface area (Å²) in [4.78, 5) is 14.8. The Hall–Kier alpha value is -1.83. The summed E-state index contributed by atoms with van der Waals surface area (Å²) in [6.45, 7) is 6.86. The molecule has 5 nitrogen and oxygen atoms in total. The predicted octanol–water partition coefficient (Wildman–Crippen LogP) is 0.184. The first-order valence-corrected chi connectivity index (χ1v) is 8.18. The van der Waals surface area contributed by atoms with Crippen LogP contribution in [0.25, 0.3) is 0 Å². The number of nitrogens with one attached hydrogen (secondary N) is 3. The van der Waals surface area contributed by atoms with Crippen LogP contribution < -0.4 is 39.6 Å². The summed E-state index contributed by atoms with van der Waals surface area (Å²) in [5.74, 6) is 0. The number of carbonyl (C=O) groups excluding carboxylic acids is 1. The predicted molar refractivity (Wildman–Crippen MR) is 94.7 cm³/mol. The van der Waals surface area contributed by atoms with Crippen LogP contribution in [0.2, 0.25) is 0 Å². The number of hydrogen-bond donors (Lipinski definition) is 2. The standard InChI is InChI=1S/C19H25N3O2.HI/c1-19(2,3)24-18(23)21-13-11-15-7-9-16(10-8-15)22-14-17-6-4-5-12-20-17;/h4-10,12,22H,11,13-14H2,1-3H3,(H,21,23);1H.